The summed E-state index contributed by atoms with van der Waals surface area (Å²) < 4.78 is 11.2. The lowest BCUT2D eigenvalue weighted by Crippen LogP contribution is -2.04. The van der Waals surface area contributed by atoms with Gasteiger partial charge in [-0.3, -0.25) is 0 Å². The average Bonchev–Trinajstić information content (AvgIpc) is 3.10. The van der Waals surface area contributed by atoms with Crippen LogP contribution in [0.25, 0.3) is 22.4 Å². The van der Waals surface area contributed by atoms with Crippen LogP contribution in [-0.2, 0) is 6.54 Å². The van der Waals surface area contributed by atoms with Gasteiger partial charge in [-0.05, 0) is 24.7 Å². The number of hydrogen-bond donors (Lipinski definition) is 1. The van der Waals surface area contributed by atoms with Crippen molar-refractivity contribution in [2.45, 2.75) is 6.54 Å². The number of hydrogen-bond acceptors (Lipinski definition) is 5. The number of aromatic nitrogens is 1. The molecule has 0 unspecified atom stereocenters. The molecule has 1 N–H and O–H groups in total. The second-order valence-electron chi connectivity index (χ2n) is 5.28. The zero-order valence-electron chi connectivity index (χ0n) is 14.0. The van der Waals surface area contributed by atoms with Crippen molar-refractivity contribution < 1.29 is 9.47 Å². The molecule has 0 bridgehead atoms. The van der Waals surface area contributed by atoms with E-state index in [1.165, 1.54) is 0 Å². The Kier molecular flexibility index (Phi) is 5.13. The summed E-state index contributed by atoms with van der Waals surface area (Å²) in [5.74, 6) is 1.59. The van der Waals surface area contributed by atoms with Gasteiger partial charge in [0.05, 0.1) is 19.9 Å². The highest BCUT2D eigenvalue weighted by Gasteiger charge is 2.16. The molecule has 1 aromatic heterocycles. The van der Waals surface area contributed by atoms with Gasteiger partial charge in [-0.1, -0.05) is 30.3 Å². The number of thiazole rings is 1. The van der Waals surface area contributed by atoms with Crippen molar-refractivity contribution in [2.24, 2.45) is 0 Å². The first-order chi connectivity index (χ1) is 11.8. The summed E-state index contributed by atoms with van der Waals surface area (Å²) in [5.41, 5.74) is 3.94. The molecule has 0 spiro atoms. The van der Waals surface area contributed by atoms with Crippen LogP contribution in [0.4, 0.5) is 0 Å². The third kappa shape index (κ3) is 3.27. The van der Waals surface area contributed by atoms with Crippen LogP contribution in [0.1, 0.15) is 5.01 Å². The lowest BCUT2D eigenvalue weighted by atomic mass is 10.0. The molecule has 1 heterocycles. The molecular weight excluding hydrogens is 320 g/mol. The van der Waals surface area contributed by atoms with E-state index in [1.807, 2.05) is 42.8 Å². The molecule has 0 atom stereocenters. The van der Waals surface area contributed by atoms with Crippen LogP contribution in [0.5, 0.6) is 11.5 Å². The van der Waals surface area contributed by atoms with Gasteiger partial charge < -0.3 is 14.8 Å². The van der Waals surface area contributed by atoms with Crippen LogP contribution in [-0.4, -0.2) is 26.3 Å². The second-order valence-corrected chi connectivity index (χ2v) is 6.22. The fourth-order valence-electron chi connectivity index (χ4n) is 2.61. The topological polar surface area (TPSA) is 43.4 Å². The Balaban J connectivity index is 2.10. The highest BCUT2D eigenvalue weighted by Crippen LogP contribution is 2.40. The van der Waals surface area contributed by atoms with Gasteiger partial charge in [-0.25, -0.2) is 4.98 Å². The molecule has 0 fully saturated rings. The fraction of sp³-hybridized carbons (Fsp3) is 0.211. The highest BCUT2D eigenvalue weighted by molar-refractivity contribution is 7.09. The van der Waals surface area contributed by atoms with Gasteiger partial charge in [0.2, 0.25) is 0 Å². The minimum atomic E-state index is 0.756. The van der Waals surface area contributed by atoms with Crippen LogP contribution >= 0.6 is 11.3 Å². The maximum Gasteiger partial charge on any atom is 0.129 e. The van der Waals surface area contributed by atoms with Crippen LogP contribution in [0.3, 0.4) is 0 Å². The summed E-state index contributed by atoms with van der Waals surface area (Å²) >= 11 is 1.63. The zero-order chi connectivity index (χ0) is 16.9. The molecule has 0 amide bonds. The summed E-state index contributed by atoms with van der Waals surface area (Å²) in [6, 6.07) is 14.2. The molecule has 4 nitrogen and oxygen atoms in total. The van der Waals surface area contributed by atoms with Gasteiger partial charge in [0.25, 0.3) is 0 Å². The number of nitrogens with one attached hydrogen (secondary N) is 1. The third-order valence-electron chi connectivity index (χ3n) is 3.76. The monoisotopic (exact) mass is 340 g/mol. The minimum absolute atomic E-state index is 0.756. The molecule has 124 valence electrons. The first kappa shape index (κ1) is 16.5. The van der Waals surface area contributed by atoms with E-state index >= 15 is 0 Å². The standard InChI is InChI=1S/C19H20N2O2S/c1-20-11-19-21-16(12-24-19)15-10-17(22-2)14(9-18(15)23-3)13-7-5-4-6-8-13/h4-10,12,20H,11H2,1-3H3. The predicted molar refractivity (Wildman–Crippen MR) is 98.9 cm³/mol. The molecule has 2 aromatic carbocycles. The van der Waals surface area contributed by atoms with Crippen molar-refractivity contribution in [1.82, 2.24) is 10.3 Å². The van der Waals surface area contributed by atoms with Crippen LogP contribution in [0, 0.1) is 0 Å². The quantitative estimate of drug-likeness (QED) is 0.730. The molecule has 3 rings (SSSR count). The lowest BCUT2D eigenvalue weighted by Gasteiger charge is -2.14. The van der Waals surface area contributed by atoms with Crippen LogP contribution < -0.4 is 14.8 Å². The van der Waals surface area contributed by atoms with Gasteiger partial charge in [-0.2, -0.15) is 0 Å². The van der Waals surface area contributed by atoms with Crippen LogP contribution in [0.15, 0.2) is 47.8 Å². The van der Waals surface area contributed by atoms with E-state index in [4.69, 9.17) is 9.47 Å². The Morgan fingerprint density at radius 2 is 1.67 bits per heavy atom. The second kappa shape index (κ2) is 7.47. The van der Waals surface area contributed by atoms with Gasteiger partial charge in [0, 0.05) is 23.1 Å². The molecule has 0 aliphatic carbocycles. The summed E-state index contributed by atoms with van der Waals surface area (Å²) in [6.45, 7) is 0.756. The van der Waals surface area contributed by atoms with Crippen molar-refractivity contribution in [3.8, 4) is 33.9 Å². The SMILES string of the molecule is CNCc1nc(-c2cc(OC)c(-c3ccccc3)cc2OC)cs1. The molecule has 0 saturated carbocycles. The first-order valence-electron chi connectivity index (χ1n) is 7.67. The normalized spacial score (nSPS) is 10.6. The van der Waals surface area contributed by atoms with Crippen molar-refractivity contribution in [3.63, 3.8) is 0 Å². The molecule has 0 saturated heterocycles. The number of benzene rings is 2. The van der Waals surface area contributed by atoms with Gasteiger partial charge in [0.1, 0.15) is 16.5 Å². The maximum atomic E-state index is 5.62. The number of nitrogens with zero attached hydrogens (tertiary/aromatic N) is 1. The molecule has 24 heavy (non-hydrogen) atoms. The van der Waals surface area contributed by atoms with E-state index in [0.717, 1.165) is 45.4 Å². The number of ether oxygens (including phenoxy) is 2. The highest BCUT2D eigenvalue weighted by atomic mass is 32.1. The Hall–Kier alpha value is -2.37. The van der Waals surface area contributed by atoms with Crippen molar-refractivity contribution in [1.29, 1.82) is 0 Å². The summed E-state index contributed by atoms with van der Waals surface area (Å²) in [5, 5.41) is 6.21. The fourth-order valence-corrected chi connectivity index (χ4v) is 3.41. The molecule has 0 aliphatic rings. The largest absolute Gasteiger partial charge is 0.496 e. The summed E-state index contributed by atoms with van der Waals surface area (Å²) in [6.07, 6.45) is 0. The summed E-state index contributed by atoms with van der Waals surface area (Å²) in [4.78, 5) is 4.68. The number of rotatable bonds is 6. The molecular formula is C19H20N2O2S. The molecule has 0 aliphatic heterocycles. The van der Waals surface area contributed by atoms with E-state index < -0.39 is 0 Å². The molecule has 0 radical (unpaired) electrons. The average molecular weight is 340 g/mol. The Labute approximate surface area is 146 Å². The van der Waals surface area contributed by atoms with E-state index in [9.17, 15) is 0 Å². The van der Waals surface area contributed by atoms with Crippen molar-refractivity contribution in [2.75, 3.05) is 21.3 Å². The van der Waals surface area contributed by atoms with Gasteiger partial charge >= 0.3 is 0 Å². The van der Waals surface area contributed by atoms with Gasteiger partial charge in [-0.15, -0.1) is 11.3 Å². The van der Waals surface area contributed by atoms with Crippen molar-refractivity contribution >= 4 is 11.3 Å². The third-order valence-corrected chi connectivity index (χ3v) is 4.61. The number of methoxy groups -OCH3 is 2. The smallest absolute Gasteiger partial charge is 0.129 e. The molecule has 5 heteroatoms. The predicted octanol–water partition coefficient (Wildman–Crippen LogP) is 4.21. The zero-order valence-corrected chi connectivity index (χ0v) is 14.8. The minimum Gasteiger partial charge on any atom is -0.496 e. The Bertz CT molecular complexity index is 815. The van der Waals surface area contributed by atoms with E-state index in [-0.39, 0.29) is 0 Å². The van der Waals surface area contributed by atoms with Gasteiger partial charge in [0.15, 0.2) is 0 Å². The lowest BCUT2D eigenvalue weighted by molar-refractivity contribution is 0.406. The summed E-state index contributed by atoms with van der Waals surface area (Å²) in [7, 11) is 5.28. The Morgan fingerprint density at radius 1 is 1.00 bits per heavy atom. The first-order valence-corrected chi connectivity index (χ1v) is 8.55. The molecule has 3 aromatic rings. The maximum absolute atomic E-state index is 5.62. The van der Waals surface area contributed by atoms with E-state index in [2.05, 4.69) is 22.4 Å². The van der Waals surface area contributed by atoms with Crippen LogP contribution in [0.2, 0.25) is 0 Å². The van der Waals surface area contributed by atoms with E-state index in [1.54, 1.807) is 25.6 Å². The Morgan fingerprint density at radius 3 is 2.33 bits per heavy atom. The van der Waals surface area contributed by atoms with Crippen molar-refractivity contribution in [3.05, 3.63) is 52.9 Å². The van der Waals surface area contributed by atoms with E-state index in [0.29, 0.717) is 0 Å².